The van der Waals surface area contributed by atoms with Crippen molar-refractivity contribution in [2.75, 3.05) is 6.54 Å². The molecule has 2 amide bonds. The number of benzene rings is 1. The fourth-order valence-electron chi connectivity index (χ4n) is 13.4. The van der Waals surface area contributed by atoms with E-state index in [4.69, 9.17) is 19.9 Å². The van der Waals surface area contributed by atoms with E-state index >= 15 is 0 Å². The van der Waals surface area contributed by atoms with Crippen molar-refractivity contribution >= 4 is 112 Å². The van der Waals surface area contributed by atoms with E-state index in [0.717, 1.165) is 162 Å². The Bertz CT molecular complexity index is 3370. The molecule has 1 aliphatic heterocycles. The monoisotopic (exact) mass is 1290 g/mol. The number of thiophene rings is 3. The smallest absolute Gasteiger partial charge is 0.263 e. The van der Waals surface area contributed by atoms with Crippen LogP contribution in [0.1, 0.15) is 271 Å². The molecule has 86 heavy (non-hydrogen) atoms. The third kappa shape index (κ3) is 15.3. The summed E-state index contributed by atoms with van der Waals surface area (Å²) in [6, 6.07) is 9.29. The number of hydrogen-bond acceptors (Lipinski definition) is 13. The van der Waals surface area contributed by atoms with Crippen LogP contribution in [0.15, 0.2) is 36.7 Å². The maximum absolute atomic E-state index is 15.0. The lowest BCUT2D eigenvalue weighted by Crippen LogP contribution is -2.32. The lowest BCUT2D eigenvalue weighted by Gasteiger charge is -2.29. The normalized spacial score (nSPS) is 14.0. The van der Waals surface area contributed by atoms with E-state index in [1.165, 1.54) is 95.0 Å². The van der Waals surface area contributed by atoms with Crippen LogP contribution >= 0.6 is 79.4 Å². The Morgan fingerprint density at radius 1 is 0.453 bits per heavy atom. The third-order valence-corrected chi connectivity index (χ3v) is 27.0. The minimum atomic E-state index is -0.235. The van der Waals surface area contributed by atoms with Gasteiger partial charge >= 0.3 is 0 Å². The molecule has 8 aromatic rings. The van der Waals surface area contributed by atoms with E-state index in [1.54, 1.807) is 50.2 Å². The predicted molar refractivity (Wildman–Crippen MR) is 380 cm³/mol. The Balaban J connectivity index is 1.20. The Kier molecular flexibility index (Phi) is 23.8. The molecule has 1 aromatic carbocycles. The van der Waals surface area contributed by atoms with Crippen LogP contribution in [-0.4, -0.2) is 43.2 Å². The van der Waals surface area contributed by atoms with Gasteiger partial charge in [-0.15, -0.1) is 79.4 Å². The quantitative estimate of drug-likeness (QED) is 0.0287. The van der Waals surface area contributed by atoms with Gasteiger partial charge in [-0.2, -0.15) is 0 Å². The molecule has 466 valence electrons. The molecule has 8 heterocycles. The Labute approximate surface area is 544 Å². The molecular formula is C72H99N5O2S7. The number of fused-ring (bicyclic) bond motifs is 3. The average Bonchev–Trinajstić information content (AvgIpc) is 1.58. The average molecular weight is 1290 g/mol. The number of carbonyl (C=O) groups is 2. The number of nitrogens with zero attached hydrogens (tertiary/aromatic N) is 5. The first-order valence-corrected chi connectivity index (χ1v) is 39.1. The van der Waals surface area contributed by atoms with Gasteiger partial charge in [-0.1, -0.05) is 186 Å². The molecule has 0 bridgehead atoms. The van der Waals surface area contributed by atoms with Crippen molar-refractivity contribution in [3.63, 3.8) is 0 Å². The molecule has 0 aliphatic carbocycles. The molecule has 9 rings (SSSR count). The van der Waals surface area contributed by atoms with Crippen LogP contribution in [0.25, 0.3) is 71.1 Å². The number of imide groups is 1. The molecule has 7 nitrogen and oxygen atoms in total. The summed E-state index contributed by atoms with van der Waals surface area (Å²) in [5.74, 6) is 2.63. The van der Waals surface area contributed by atoms with Crippen molar-refractivity contribution in [2.45, 2.75) is 255 Å². The molecule has 0 saturated carbocycles. The summed E-state index contributed by atoms with van der Waals surface area (Å²) in [6.07, 6.45) is 31.4. The SMILES string of the molecule is CCCCCCCCN1C(=O)c2c(-c3cnc(-c4c5nc(-c6ccc(CCC(C)CCCC(C)C)s6)sc5c(-c5ncc(C(C)(CCC)CCC)s5)c5nc(-c6ccc(CCC(C)CCCC(C)C)s6)sc45)s3)sc(C(C)(CCC)CCC)c2C1=O. The maximum atomic E-state index is 15.0. The number of unbranched alkanes of at least 4 members (excludes halogenated alkanes) is 5. The van der Waals surface area contributed by atoms with E-state index in [0.29, 0.717) is 29.5 Å². The zero-order valence-electron chi connectivity index (χ0n) is 54.4. The van der Waals surface area contributed by atoms with Gasteiger partial charge in [-0.3, -0.25) is 14.5 Å². The minimum absolute atomic E-state index is 0.0309. The highest BCUT2D eigenvalue weighted by Crippen LogP contribution is 2.55. The molecule has 2 atom stereocenters. The zero-order chi connectivity index (χ0) is 61.3. The topological polar surface area (TPSA) is 88.9 Å². The first kappa shape index (κ1) is 66.9. The molecule has 0 radical (unpaired) electrons. The second-order valence-electron chi connectivity index (χ2n) is 26.8. The van der Waals surface area contributed by atoms with E-state index < -0.39 is 0 Å². The van der Waals surface area contributed by atoms with Crippen LogP contribution in [0, 0.1) is 23.7 Å². The van der Waals surface area contributed by atoms with Crippen LogP contribution in [0.4, 0.5) is 0 Å². The first-order chi connectivity index (χ1) is 41.4. The molecular weight excluding hydrogens is 1190 g/mol. The molecule has 7 aromatic heterocycles. The summed E-state index contributed by atoms with van der Waals surface area (Å²) in [4.78, 5) is 63.3. The van der Waals surface area contributed by atoms with Gasteiger partial charge in [-0.25, -0.2) is 19.9 Å². The minimum Gasteiger partial charge on any atom is -0.274 e. The standard InChI is InChI=1S/C72H99N5O2S7/c1-14-19-20-21-22-23-42-77-69(78)55-56(70(77)79)64(72(13,40-17-4)41-18-5)84-61(55)53-43-73-67(82-53)57-59-63(86-65(75-59)51-36-34-49(80-51)32-30-47(10)28-24-26-45(6)7)58(68-74-44-54(83-68)71(12,38-15-2)39-16-3)60-62(57)85-66(76-60)52-37-35-50(81-52)33-31-48(11)29-25-27-46(8)9/h34-37,43-48H,14-33,38-42H2,1-13H3. The first-order valence-electron chi connectivity index (χ1n) is 33.4. The molecule has 0 spiro atoms. The Morgan fingerprint density at radius 2 is 0.942 bits per heavy atom. The number of rotatable bonds is 36. The van der Waals surface area contributed by atoms with Crippen molar-refractivity contribution in [2.24, 2.45) is 23.7 Å². The summed E-state index contributed by atoms with van der Waals surface area (Å²) in [5.41, 5.74) is 5.00. The van der Waals surface area contributed by atoms with Gasteiger partial charge in [0, 0.05) is 49.3 Å². The Morgan fingerprint density at radius 3 is 1.47 bits per heavy atom. The van der Waals surface area contributed by atoms with Gasteiger partial charge < -0.3 is 0 Å². The summed E-state index contributed by atoms with van der Waals surface area (Å²) >= 11 is 12.5. The molecule has 14 heteroatoms. The van der Waals surface area contributed by atoms with Gasteiger partial charge in [0.05, 0.1) is 62.2 Å². The summed E-state index contributed by atoms with van der Waals surface area (Å²) in [7, 11) is 0. The highest BCUT2D eigenvalue weighted by atomic mass is 32.1. The van der Waals surface area contributed by atoms with Crippen molar-refractivity contribution < 1.29 is 9.59 Å². The van der Waals surface area contributed by atoms with Gasteiger partial charge in [0.25, 0.3) is 11.8 Å². The summed E-state index contributed by atoms with van der Waals surface area (Å²) < 4.78 is 2.16. The van der Waals surface area contributed by atoms with Gasteiger partial charge in [0.15, 0.2) is 0 Å². The zero-order valence-corrected chi connectivity index (χ0v) is 60.1. The highest BCUT2D eigenvalue weighted by molar-refractivity contribution is 7.29. The van der Waals surface area contributed by atoms with Crippen molar-refractivity contribution in [3.8, 4) is 50.7 Å². The molecule has 0 N–H and O–H groups in total. The fourth-order valence-corrected chi connectivity index (χ4v) is 21.6. The molecule has 1 aliphatic rings. The van der Waals surface area contributed by atoms with E-state index in [9.17, 15) is 9.59 Å². The maximum Gasteiger partial charge on any atom is 0.263 e. The highest BCUT2D eigenvalue weighted by Gasteiger charge is 2.46. The van der Waals surface area contributed by atoms with Crippen LogP contribution in [-0.2, 0) is 23.7 Å². The number of amides is 2. The molecule has 2 unspecified atom stereocenters. The Hall–Kier alpha value is -3.50. The number of aromatic nitrogens is 4. The molecule has 0 saturated heterocycles. The van der Waals surface area contributed by atoms with Crippen LogP contribution < -0.4 is 0 Å². The van der Waals surface area contributed by atoms with Crippen LogP contribution in [0.5, 0.6) is 0 Å². The van der Waals surface area contributed by atoms with Crippen LogP contribution in [0.3, 0.4) is 0 Å². The number of hydrogen-bond donors (Lipinski definition) is 0. The number of thiazole rings is 4. The van der Waals surface area contributed by atoms with Gasteiger partial charge in [0.2, 0.25) is 0 Å². The summed E-state index contributed by atoms with van der Waals surface area (Å²) in [5, 5.41) is 3.89. The second kappa shape index (κ2) is 30.5. The van der Waals surface area contributed by atoms with Gasteiger partial charge in [0.1, 0.15) is 20.0 Å². The fraction of sp³-hybridized carbons (Fsp3) is 0.611. The lowest BCUT2D eigenvalue weighted by atomic mass is 9.78. The number of carbonyl (C=O) groups excluding carboxylic acids is 2. The largest absolute Gasteiger partial charge is 0.274 e. The third-order valence-electron chi connectivity index (χ3n) is 18.2. The molecule has 0 fully saturated rings. The van der Waals surface area contributed by atoms with Gasteiger partial charge in [-0.05, 0) is 106 Å². The van der Waals surface area contributed by atoms with E-state index in [-0.39, 0.29) is 22.6 Å². The van der Waals surface area contributed by atoms with E-state index in [1.807, 2.05) is 40.2 Å². The van der Waals surface area contributed by atoms with Crippen molar-refractivity contribution in [1.82, 2.24) is 24.8 Å². The lowest BCUT2D eigenvalue weighted by molar-refractivity contribution is 0.0650. The number of aryl methyl sites for hydroxylation is 2. The van der Waals surface area contributed by atoms with Crippen molar-refractivity contribution in [3.05, 3.63) is 67.3 Å². The van der Waals surface area contributed by atoms with Crippen molar-refractivity contribution in [1.29, 1.82) is 0 Å². The van der Waals surface area contributed by atoms with Crippen LogP contribution in [0.2, 0.25) is 0 Å². The second-order valence-corrected chi connectivity index (χ2v) is 34.2. The van der Waals surface area contributed by atoms with E-state index in [2.05, 4.69) is 120 Å². The predicted octanol–water partition coefficient (Wildman–Crippen LogP) is 24.8. The summed E-state index contributed by atoms with van der Waals surface area (Å²) in [6.45, 7) is 30.7.